The zero-order valence-electron chi connectivity index (χ0n) is 12.5. The second-order valence-corrected chi connectivity index (χ2v) is 7.81. The van der Waals surface area contributed by atoms with E-state index in [1.165, 1.54) is 11.0 Å². The summed E-state index contributed by atoms with van der Waals surface area (Å²) in [4.78, 5) is 14.9. The lowest BCUT2D eigenvalue weighted by Gasteiger charge is -2.18. The Kier molecular flexibility index (Phi) is 4.70. The van der Waals surface area contributed by atoms with Gasteiger partial charge in [-0.2, -0.15) is 8.42 Å². The van der Waals surface area contributed by atoms with E-state index >= 15 is 0 Å². The molecule has 1 aromatic rings. The Morgan fingerprint density at radius 2 is 2.21 bits per heavy atom. The Hall–Kier alpha value is -1.78. The van der Waals surface area contributed by atoms with Crippen molar-refractivity contribution in [2.75, 3.05) is 28.0 Å². The Morgan fingerprint density at radius 1 is 1.42 bits per heavy atom. The molecule has 0 radical (unpaired) electrons. The number of anilines is 2. The van der Waals surface area contributed by atoms with Crippen molar-refractivity contribution in [3.63, 3.8) is 0 Å². The summed E-state index contributed by atoms with van der Waals surface area (Å²) < 4.78 is 49.7. The number of benzene rings is 1. The number of rotatable bonds is 5. The van der Waals surface area contributed by atoms with Crippen LogP contribution in [0.15, 0.2) is 29.8 Å². The smallest absolute Gasteiger partial charge is 0.414 e. The molecule has 0 spiro atoms. The molecule has 0 saturated carbocycles. The van der Waals surface area contributed by atoms with Crippen molar-refractivity contribution in [2.45, 2.75) is 12.5 Å². The molecular formula is C14H15FN2O5S2. The molecule has 1 saturated heterocycles. The molecular weight excluding hydrogens is 359 g/mol. The lowest BCUT2D eigenvalue weighted by atomic mass is 10.2. The van der Waals surface area contributed by atoms with Gasteiger partial charge in [0.05, 0.1) is 29.5 Å². The van der Waals surface area contributed by atoms with Crippen LogP contribution in [0.2, 0.25) is 0 Å². The molecule has 0 aromatic heterocycles. The molecule has 2 aliphatic rings. The molecule has 2 aliphatic heterocycles. The number of halogens is 1. The molecule has 3 rings (SSSR count). The summed E-state index contributed by atoms with van der Waals surface area (Å²) in [5, 5.41) is 1.87. The van der Waals surface area contributed by atoms with E-state index in [4.69, 9.17) is 9.29 Å². The van der Waals surface area contributed by atoms with E-state index in [9.17, 15) is 17.6 Å². The quantitative estimate of drug-likeness (QED) is 0.792. The van der Waals surface area contributed by atoms with E-state index in [0.717, 1.165) is 0 Å². The molecule has 1 aromatic carbocycles. The summed E-state index contributed by atoms with van der Waals surface area (Å²) in [6.07, 6.45) is 0.426. The molecule has 1 amide bonds. The SMILES string of the molecule is O=C1OC(CCS(=O)(=O)O)CN1c1ccc(N2C=CSC2)c(F)c1. The van der Waals surface area contributed by atoms with E-state index in [2.05, 4.69) is 0 Å². The second-order valence-electron chi connectivity index (χ2n) is 5.38. The maximum atomic E-state index is 14.3. The summed E-state index contributed by atoms with van der Waals surface area (Å²) in [6.45, 7) is 0.104. The van der Waals surface area contributed by atoms with E-state index in [0.29, 0.717) is 17.3 Å². The number of nitrogens with zero attached hydrogens (tertiary/aromatic N) is 2. The fraction of sp³-hybridized carbons (Fsp3) is 0.357. The van der Waals surface area contributed by atoms with Crippen molar-refractivity contribution in [2.24, 2.45) is 0 Å². The van der Waals surface area contributed by atoms with Gasteiger partial charge in [0.25, 0.3) is 10.1 Å². The number of amides is 1. The number of carbonyl (C=O) groups is 1. The predicted molar refractivity (Wildman–Crippen MR) is 89.1 cm³/mol. The molecule has 0 aliphatic carbocycles. The first-order chi connectivity index (χ1) is 11.3. The Bertz CT molecular complexity index is 783. The van der Waals surface area contributed by atoms with Crippen molar-refractivity contribution < 1.29 is 26.9 Å². The van der Waals surface area contributed by atoms with E-state index in [1.807, 2.05) is 5.41 Å². The molecule has 10 heteroatoms. The first-order valence-corrected chi connectivity index (χ1v) is 9.77. The Labute approximate surface area is 142 Å². The van der Waals surface area contributed by atoms with Crippen LogP contribution in [-0.4, -0.2) is 43.3 Å². The van der Waals surface area contributed by atoms with E-state index < -0.39 is 33.9 Å². The largest absolute Gasteiger partial charge is 0.444 e. The highest BCUT2D eigenvalue weighted by molar-refractivity contribution is 8.02. The molecule has 1 fully saturated rings. The first-order valence-electron chi connectivity index (χ1n) is 7.11. The van der Waals surface area contributed by atoms with Crippen LogP contribution in [0.3, 0.4) is 0 Å². The third-order valence-corrected chi connectivity index (χ3v) is 5.17. The van der Waals surface area contributed by atoms with Crippen molar-refractivity contribution in [3.05, 3.63) is 35.6 Å². The van der Waals surface area contributed by atoms with Crippen molar-refractivity contribution in [1.29, 1.82) is 0 Å². The zero-order chi connectivity index (χ0) is 17.3. The molecule has 7 nitrogen and oxygen atoms in total. The summed E-state index contributed by atoms with van der Waals surface area (Å²) in [5.74, 6) is -0.334. The van der Waals surface area contributed by atoms with Gasteiger partial charge in [-0.1, -0.05) is 0 Å². The maximum Gasteiger partial charge on any atom is 0.414 e. The molecule has 1 N–H and O–H groups in total. The highest BCUT2D eigenvalue weighted by Crippen LogP contribution is 2.31. The van der Waals surface area contributed by atoms with Gasteiger partial charge in [0.2, 0.25) is 0 Å². The highest BCUT2D eigenvalue weighted by Gasteiger charge is 2.33. The molecule has 1 unspecified atom stereocenters. The van der Waals surface area contributed by atoms with Crippen LogP contribution < -0.4 is 9.80 Å². The molecule has 24 heavy (non-hydrogen) atoms. The van der Waals surface area contributed by atoms with Gasteiger partial charge in [-0.15, -0.1) is 11.8 Å². The summed E-state index contributed by atoms with van der Waals surface area (Å²) >= 11 is 1.55. The third-order valence-electron chi connectivity index (χ3n) is 3.67. The van der Waals surface area contributed by atoms with Crippen LogP contribution in [0.1, 0.15) is 6.42 Å². The van der Waals surface area contributed by atoms with Gasteiger partial charge >= 0.3 is 6.09 Å². The number of ether oxygens (including phenoxy) is 1. The van der Waals surface area contributed by atoms with Gasteiger partial charge in [0.15, 0.2) is 0 Å². The van der Waals surface area contributed by atoms with Crippen molar-refractivity contribution in [3.8, 4) is 0 Å². The molecule has 0 bridgehead atoms. The predicted octanol–water partition coefficient (Wildman–Crippen LogP) is 2.41. The number of thioether (sulfide) groups is 1. The van der Waals surface area contributed by atoms with Crippen molar-refractivity contribution >= 4 is 39.3 Å². The summed E-state index contributed by atoms with van der Waals surface area (Å²) in [6, 6.07) is 4.44. The zero-order valence-corrected chi connectivity index (χ0v) is 14.1. The lowest BCUT2D eigenvalue weighted by molar-refractivity contribution is 0.139. The normalized spacial score (nSPS) is 20.8. The molecule has 1 atom stereocenters. The minimum atomic E-state index is -4.12. The van der Waals surface area contributed by atoms with Crippen LogP contribution in [0.25, 0.3) is 0 Å². The standard InChI is InChI=1S/C14H15FN2O5S2/c15-12-7-10(1-2-13(12)16-4-5-23-9-16)17-8-11(22-14(17)18)3-6-24(19,20)21/h1-2,4-5,7,11H,3,6,8-9H2,(H,19,20,21). The monoisotopic (exact) mass is 374 g/mol. The van der Waals surface area contributed by atoms with Crippen LogP contribution in [0.5, 0.6) is 0 Å². The number of carbonyl (C=O) groups excluding carboxylic acids is 1. The van der Waals surface area contributed by atoms with Crippen LogP contribution in [-0.2, 0) is 14.9 Å². The summed E-state index contributed by atoms with van der Waals surface area (Å²) in [7, 11) is -4.12. The Balaban J connectivity index is 1.71. The average molecular weight is 374 g/mol. The van der Waals surface area contributed by atoms with Gasteiger partial charge < -0.3 is 9.64 Å². The number of cyclic esters (lactones) is 1. The van der Waals surface area contributed by atoms with Crippen LogP contribution in [0.4, 0.5) is 20.6 Å². The topological polar surface area (TPSA) is 87.1 Å². The number of hydrogen-bond acceptors (Lipinski definition) is 6. The average Bonchev–Trinajstić information content (AvgIpc) is 3.14. The van der Waals surface area contributed by atoms with Gasteiger partial charge in [0.1, 0.15) is 11.9 Å². The van der Waals surface area contributed by atoms with E-state index in [1.54, 1.807) is 35.0 Å². The minimum Gasteiger partial charge on any atom is -0.444 e. The molecule has 2 heterocycles. The maximum absolute atomic E-state index is 14.3. The Morgan fingerprint density at radius 3 is 2.83 bits per heavy atom. The second kappa shape index (κ2) is 6.61. The van der Waals surface area contributed by atoms with Gasteiger partial charge in [-0.05, 0) is 23.6 Å². The first kappa shape index (κ1) is 17.1. The minimum absolute atomic E-state index is 0.0164. The van der Waals surface area contributed by atoms with E-state index in [-0.39, 0.29) is 13.0 Å². The number of hydrogen-bond donors (Lipinski definition) is 1. The van der Waals surface area contributed by atoms with Crippen LogP contribution >= 0.6 is 11.8 Å². The summed E-state index contributed by atoms with van der Waals surface area (Å²) in [5.41, 5.74) is 0.752. The van der Waals surface area contributed by atoms with Crippen molar-refractivity contribution in [1.82, 2.24) is 0 Å². The fourth-order valence-electron chi connectivity index (χ4n) is 2.49. The molecule has 130 valence electrons. The fourth-order valence-corrected chi connectivity index (χ4v) is 3.76. The van der Waals surface area contributed by atoms with Gasteiger partial charge in [-0.25, -0.2) is 9.18 Å². The van der Waals surface area contributed by atoms with Gasteiger partial charge in [0, 0.05) is 12.6 Å². The third kappa shape index (κ3) is 3.82. The van der Waals surface area contributed by atoms with Gasteiger partial charge in [-0.3, -0.25) is 9.45 Å². The highest BCUT2D eigenvalue weighted by atomic mass is 32.2. The lowest BCUT2D eigenvalue weighted by Crippen LogP contribution is -2.25. The van der Waals surface area contributed by atoms with Crippen LogP contribution in [0, 0.1) is 5.82 Å².